The number of amides is 1. The van der Waals surface area contributed by atoms with Crippen LogP contribution in [0.4, 0.5) is 5.88 Å². The van der Waals surface area contributed by atoms with Gasteiger partial charge in [0.15, 0.2) is 5.89 Å². The number of oxazole rings is 1. The molecular weight excluding hydrogens is 308 g/mol. The summed E-state index contributed by atoms with van der Waals surface area (Å²) in [5.41, 5.74) is 1.22. The Hall–Kier alpha value is -2.63. The van der Waals surface area contributed by atoms with Crippen LogP contribution in [0.1, 0.15) is 72.8 Å². The zero-order chi connectivity index (χ0) is 18.1. The highest BCUT2D eigenvalue weighted by atomic mass is 16.4. The number of aromatic carboxylic acids is 1. The van der Waals surface area contributed by atoms with Crippen LogP contribution in [0.25, 0.3) is 0 Å². The van der Waals surface area contributed by atoms with E-state index in [0.29, 0.717) is 5.56 Å². The van der Waals surface area contributed by atoms with Crippen molar-refractivity contribution in [3.63, 3.8) is 0 Å². The maximum absolute atomic E-state index is 12.3. The third-order valence-electron chi connectivity index (χ3n) is 3.58. The van der Waals surface area contributed by atoms with Crippen molar-refractivity contribution in [2.45, 2.75) is 46.0 Å². The summed E-state index contributed by atoms with van der Waals surface area (Å²) in [4.78, 5) is 27.5. The van der Waals surface area contributed by atoms with Crippen molar-refractivity contribution >= 4 is 17.8 Å². The van der Waals surface area contributed by atoms with E-state index in [0.717, 1.165) is 5.56 Å². The minimum absolute atomic E-state index is 0.0113. The molecule has 24 heavy (non-hydrogen) atoms. The van der Waals surface area contributed by atoms with E-state index < -0.39 is 11.9 Å². The maximum atomic E-state index is 12.3. The van der Waals surface area contributed by atoms with Gasteiger partial charge >= 0.3 is 5.97 Å². The van der Waals surface area contributed by atoms with Crippen LogP contribution >= 0.6 is 0 Å². The summed E-state index contributed by atoms with van der Waals surface area (Å²) in [5, 5.41) is 11.7. The minimum Gasteiger partial charge on any atom is -0.476 e. The van der Waals surface area contributed by atoms with Gasteiger partial charge in [-0.25, -0.2) is 9.78 Å². The van der Waals surface area contributed by atoms with E-state index in [1.807, 2.05) is 26.0 Å². The van der Waals surface area contributed by atoms with Gasteiger partial charge in [0.25, 0.3) is 5.91 Å². The lowest BCUT2D eigenvalue weighted by atomic mass is 9.87. The molecule has 0 radical (unpaired) electrons. The second kappa shape index (κ2) is 6.47. The van der Waals surface area contributed by atoms with Crippen molar-refractivity contribution in [3.8, 4) is 0 Å². The Kier molecular flexibility index (Phi) is 4.78. The van der Waals surface area contributed by atoms with Gasteiger partial charge in [0.1, 0.15) is 0 Å². The van der Waals surface area contributed by atoms with Gasteiger partial charge in [-0.05, 0) is 23.1 Å². The molecule has 6 heteroatoms. The Balaban J connectivity index is 2.25. The monoisotopic (exact) mass is 330 g/mol. The van der Waals surface area contributed by atoms with Gasteiger partial charge in [-0.15, -0.1) is 0 Å². The van der Waals surface area contributed by atoms with Gasteiger partial charge in [0, 0.05) is 11.5 Å². The van der Waals surface area contributed by atoms with Gasteiger partial charge in [0.05, 0.1) is 0 Å². The Bertz CT molecular complexity index is 752. The van der Waals surface area contributed by atoms with Gasteiger partial charge < -0.3 is 9.52 Å². The second-order valence-corrected chi connectivity index (χ2v) is 6.97. The number of hydrogen-bond acceptors (Lipinski definition) is 4. The number of hydrogen-bond donors (Lipinski definition) is 2. The van der Waals surface area contributed by atoms with Crippen LogP contribution in [0, 0.1) is 0 Å². The summed E-state index contributed by atoms with van der Waals surface area (Å²) in [7, 11) is 0. The third-order valence-corrected chi connectivity index (χ3v) is 3.58. The van der Waals surface area contributed by atoms with Crippen molar-refractivity contribution in [3.05, 3.63) is 47.0 Å². The average Bonchev–Trinajstić information content (AvgIpc) is 2.91. The van der Waals surface area contributed by atoms with Crippen LogP contribution in [0.2, 0.25) is 0 Å². The van der Waals surface area contributed by atoms with Gasteiger partial charge in [-0.3, -0.25) is 10.1 Å². The molecule has 6 nitrogen and oxygen atoms in total. The molecule has 1 heterocycles. The number of carboxylic acid groups (broad SMARTS) is 1. The molecule has 128 valence electrons. The first kappa shape index (κ1) is 17.7. The first-order chi connectivity index (χ1) is 11.1. The standard InChI is InChI=1S/C18H22N2O4/c1-10(2)15-19-13(17(22)23)16(24-15)20-14(21)11-6-8-12(9-7-11)18(3,4)5/h6-10H,1-5H3,(H,20,21)(H,22,23). The highest BCUT2D eigenvalue weighted by molar-refractivity contribution is 6.06. The van der Waals surface area contributed by atoms with E-state index in [1.54, 1.807) is 12.1 Å². The summed E-state index contributed by atoms with van der Waals surface area (Å²) in [6.45, 7) is 9.91. The minimum atomic E-state index is -1.25. The first-order valence-electron chi connectivity index (χ1n) is 7.75. The lowest BCUT2D eigenvalue weighted by Gasteiger charge is -2.18. The second-order valence-electron chi connectivity index (χ2n) is 6.97. The Morgan fingerprint density at radius 1 is 1.17 bits per heavy atom. The van der Waals surface area contributed by atoms with Crippen LogP contribution in [0.5, 0.6) is 0 Å². The van der Waals surface area contributed by atoms with E-state index >= 15 is 0 Å². The molecule has 0 bridgehead atoms. The van der Waals surface area contributed by atoms with Crippen molar-refractivity contribution in [2.24, 2.45) is 0 Å². The van der Waals surface area contributed by atoms with E-state index in [-0.39, 0.29) is 28.8 Å². The number of rotatable bonds is 4. The Morgan fingerprint density at radius 2 is 1.75 bits per heavy atom. The van der Waals surface area contributed by atoms with Gasteiger partial charge in [-0.1, -0.05) is 46.8 Å². The number of benzene rings is 1. The third kappa shape index (κ3) is 3.82. The molecule has 2 N–H and O–H groups in total. The fourth-order valence-corrected chi connectivity index (χ4v) is 2.11. The first-order valence-corrected chi connectivity index (χ1v) is 7.75. The molecule has 1 amide bonds. The Labute approximate surface area is 140 Å². The van der Waals surface area contributed by atoms with Crippen molar-refractivity contribution < 1.29 is 19.1 Å². The summed E-state index contributed by atoms with van der Waals surface area (Å²) in [5.74, 6) is -1.64. The van der Waals surface area contributed by atoms with Crippen molar-refractivity contribution in [1.82, 2.24) is 4.98 Å². The fraction of sp³-hybridized carbons (Fsp3) is 0.389. The summed E-state index contributed by atoms with van der Waals surface area (Å²) >= 11 is 0. The van der Waals surface area contributed by atoms with E-state index in [2.05, 4.69) is 31.1 Å². The average molecular weight is 330 g/mol. The zero-order valence-corrected chi connectivity index (χ0v) is 14.5. The molecule has 0 aliphatic rings. The number of nitrogens with zero attached hydrogens (tertiary/aromatic N) is 1. The lowest BCUT2D eigenvalue weighted by molar-refractivity contribution is 0.0692. The molecule has 1 aromatic heterocycles. The SMILES string of the molecule is CC(C)c1nc(C(=O)O)c(NC(=O)c2ccc(C(C)(C)C)cc2)o1. The summed E-state index contributed by atoms with van der Waals surface area (Å²) < 4.78 is 5.38. The summed E-state index contributed by atoms with van der Waals surface area (Å²) in [6, 6.07) is 7.17. The number of carbonyl (C=O) groups excluding carboxylic acids is 1. The van der Waals surface area contributed by atoms with Crippen molar-refractivity contribution in [2.75, 3.05) is 5.32 Å². The molecule has 2 rings (SSSR count). The quantitative estimate of drug-likeness (QED) is 0.882. The normalized spacial score (nSPS) is 11.6. The Morgan fingerprint density at radius 3 is 2.21 bits per heavy atom. The van der Waals surface area contributed by atoms with Crippen LogP contribution < -0.4 is 5.32 Å². The van der Waals surface area contributed by atoms with Crippen LogP contribution in [-0.2, 0) is 5.41 Å². The van der Waals surface area contributed by atoms with E-state index in [1.165, 1.54) is 0 Å². The zero-order valence-electron chi connectivity index (χ0n) is 14.5. The van der Waals surface area contributed by atoms with Gasteiger partial charge in [0.2, 0.25) is 11.6 Å². The molecule has 0 unspecified atom stereocenters. The maximum Gasteiger partial charge on any atom is 0.360 e. The van der Waals surface area contributed by atoms with E-state index in [9.17, 15) is 14.7 Å². The molecule has 0 aliphatic heterocycles. The van der Waals surface area contributed by atoms with Crippen LogP contribution in [0.3, 0.4) is 0 Å². The topological polar surface area (TPSA) is 92.4 Å². The highest BCUT2D eigenvalue weighted by Gasteiger charge is 2.23. The molecule has 0 fully saturated rings. The molecule has 0 aliphatic carbocycles. The number of anilines is 1. The van der Waals surface area contributed by atoms with Crippen molar-refractivity contribution in [1.29, 1.82) is 0 Å². The predicted molar refractivity (Wildman–Crippen MR) is 90.6 cm³/mol. The molecule has 0 atom stereocenters. The predicted octanol–water partition coefficient (Wildman–Crippen LogP) is 4.05. The highest BCUT2D eigenvalue weighted by Crippen LogP contribution is 2.25. The smallest absolute Gasteiger partial charge is 0.360 e. The summed E-state index contributed by atoms with van der Waals surface area (Å²) in [6.07, 6.45) is 0. The van der Waals surface area contributed by atoms with Crippen LogP contribution in [0.15, 0.2) is 28.7 Å². The molecular formula is C18H22N2O4. The fourth-order valence-electron chi connectivity index (χ4n) is 2.11. The number of aromatic nitrogens is 1. The number of nitrogens with one attached hydrogen (secondary N) is 1. The van der Waals surface area contributed by atoms with Crippen LogP contribution in [-0.4, -0.2) is 22.0 Å². The molecule has 0 saturated heterocycles. The molecule has 1 aromatic carbocycles. The molecule has 2 aromatic rings. The largest absolute Gasteiger partial charge is 0.476 e. The molecule has 0 saturated carbocycles. The van der Waals surface area contributed by atoms with E-state index in [4.69, 9.17) is 4.42 Å². The number of carboxylic acids is 1. The number of carbonyl (C=O) groups is 2. The molecule has 0 spiro atoms. The van der Waals surface area contributed by atoms with Gasteiger partial charge in [-0.2, -0.15) is 0 Å². The lowest BCUT2D eigenvalue weighted by Crippen LogP contribution is -2.15.